The van der Waals surface area contributed by atoms with Crippen molar-refractivity contribution in [3.63, 3.8) is 0 Å². The summed E-state index contributed by atoms with van der Waals surface area (Å²) in [6.07, 6.45) is 13.3. The van der Waals surface area contributed by atoms with Crippen LogP contribution >= 0.6 is 0 Å². The summed E-state index contributed by atoms with van der Waals surface area (Å²) in [5, 5.41) is 0. The normalized spacial score (nSPS) is 36.3. The summed E-state index contributed by atoms with van der Waals surface area (Å²) in [5.74, 6) is 1.23. The van der Waals surface area contributed by atoms with Crippen LogP contribution in [0.5, 0.6) is 0 Å². The van der Waals surface area contributed by atoms with E-state index < -0.39 is 0 Å². The summed E-state index contributed by atoms with van der Waals surface area (Å²) in [6, 6.07) is 1.04. The molecule has 4 fully saturated rings. The fourth-order valence-electron chi connectivity index (χ4n) is 5.59. The minimum atomic E-state index is 0.311. The largest absolute Gasteiger partial charge is 0.374 e. The van der Waals surface area contributed by atoms with E-state index in [1.807, 2.05) is 0 Å². The van der Waals surface area contributed by atoms with E-state index in [1.54, 1.807) is 0 Å². The van der Waals surface area contributed by atoms with E-state index in [2.05, 4.69) is 9.80 Å². The van der Waals surface area contributed by atoms with Gasteiger partial charge in [-0.1, -0.05) is 25.7 Å². The maximum absolute atomic E-state index is 13.0. The molecule has 4 rings (SSSR count). The van der Waals surface area contributed by atoms with E-state index >= 15 is 0 Å². The number of ether oxygens (including phenoxy) is 1. The SMILES string of the molecule is O=C(CN1CCCC1C1CCCC1)N1CCOC2CCCCC21. The molecule has 0 radical (unpaired) electrons. The van der Waals surface area contributed by atoms with Gasteiger partial charge in [0.15, 0.2) is 0 Å². The molecule has 4 heteroatoms. The van der Waals surface area contributed by atoms with Crippen molar-refractivity contribution in [2.45, 2.75) is 82.4 Å². The zero-order chi connectivity index (χ0) is 15.6. The van der Waals surface area contributed by atoms with E-state index in [9.17, 15) is 4.79 Å². The van der Waals surface area contributed by atoms with Crippen LogP contribution in [0.2, 0.25) is 0 Å². The van der Waals surface area contributed by atoms with Crippen molar-refractivity contribution in [2.24, 2.45) is 5.92 Å². The summed E-state index contributed by atoms with van der Waals surface area (Å²) in [4.78, 5) is 17.7. The molecule has 4 aliphatic rings. The lowest BCUT2D eigenvalue weighted by Crippen LogP contribution is -2.57. The Labute approximate surface area is 140 Å². The van der Waals surface area contributed by atoms with Crippen LogP contribution in [0.4, 0.5) is 0 Å². The van der Waals surface area contributed by atoms with E-state index in [0.717, 1.165) is 38.5 Å². The van der Waals surface area contributed by atoms with Crippen molar-refractivity contribution in [1.82, 2.24) is 9.80 Å². The summed E-state index contributed by atoms with van der Waals surface area (Å²) in [5.41, 5.74) is 0. The Morgan fingerprint density at radius 2 is 1.61 bits per heavy atom. The van der Waals surface area contributed by atoms with Gasteiger partial charge in [0.2, 0.25) is 5.91 Å². The van der Waals surface area contributed by atoms with Crippen LogP contribution < -0.4 is 0 Å². The highest BCUT2D eigenvalue weighted by Gasteiger charge is 2.39. The highest BCUT2D eigenvalue weighted by Crippen LogP contribution is 2.35. The number of morpholine rings is 1. The molecule has 4 nitrogen and oxygen atoms in total. The Kier molecular flexibility index (Phi) is 4.91. The summed E-state index contributed by atoms with van der Waals surface area (Å²) in [7, 11) is 0. The lowest BCUT2D eigenvalue weighted by molar-refractivity contribution is -0.151. The quantitative estimate of drug-likeness (QED) is 0.801. The van der Waals surface area contributed by atoms with Gasteiger partial charge >= 0.3 is 0 Å². The van der Waals surface area contributed by atoms with Gasteiger partial charge in [-0.25, -0.2) is 0 Å². The molecule has 130 valence electrons. The molecule has 0 spiro atoms. The van der Waals surface area contributed by atoms with Gasteiger partial charge in [0.05, 0.1) is 25.3 Å². The van der Waals surface area contributed by atoms with E-state index in [0.29, 0.717) is 30.6 Å². The molecular weight excluding hydrogens is 288 g/mol. The van der Waals surface area contributed by atoms with Gasteiger partial charge in [0.1, 0.15) is 0 Å². The van der Waals surface area contributed by atoms with Gasteiger partial charge in [0, 0.05) is 12.6 Å². The van der Waals surface area contributed by atoms with Gasteiger partial charge in [0.25, 0.3) is 0 Å². The Bertz CT molecular complexity index is 420. The number of fused-ring (bicyclic) bond motifs is 1. The Hall–Kier alpha value is -0.610. The van der Waals surface area contributed by atoms with Gasteiger partial charge in [-0.05, 0) is 51.0 Å². The second-order valence-electron chi connectivity index (χ2n) is 8.07. The third-order valence-electron chi connectivity index (χ3n) is 6.75. The van der Waals surface area contributed by atoms with Crippen molar-refractivity contribution in [1.29, 1.82) is 0 Å². The van der Waals surface area contributed by atoms with Crippen molar-refractivity contribution in [3.05, 3.63) is 0 Å². The summed E-state index contributed by atoms with van der Waals surface area (Å²) in [6.45, 7) is 3.33. The Balaban J connectivity index is 1.38. The Morgan fingerprint density at radius 1 is 0.870 bits per heavy atom. The maximum atomic E-state index is 13.0. The topological polar surface area (TPSA) is 32.8 Å². The van der Waals surface area contributed by atoms with Crippen LogP contribution in [0, 0.1) is 5.92 Å². The number of likely N-dealkylation sites (tertiary alicyclic amines) is 1. The molecule has 3 atom stereocenters. The number of nitrogens with zero attached hydrogens (tertiary/aromatic N) is 2. The van der Waals surface area contributed by atoms with Crippen LogP contribution in [0.15, 0.2) is 0 Å². The van der Waals surface area contributed by atoms with Gasteiger partial charge in [-0.15, -0.1) is 0 Å². The van der Waals surface area contributed by atoms with Crippen LogP contribution in [-0.4, -0.2) is 60.1 Å². The first-order valence-corrected chi connectivity index (χ1v) is 9.98. The average Bonchev–Trinajstić information content (AvgIpc) is 3.25. The smallest absolute Gasteiger partial charge is 0.237 e. The van der Waals surface area contributed by atoms with Crippen molar-refractivity contribution >= 4 is 5.91 Å². The molecule has 0 aromatic carbocycles. The number of hydrogen-bond donors (Lipinski definition) is 0. The molecule has 0 bridgehead atoms. The number of amides is 1. The first-order chi connectivity index (χ1) is 11.3. The third-order valence-corrected chi connectivity index (χ3v) is 6.75. The minimum absolute atomic E-state index is 0.311. The summed E-state index contributed by atoms with van der Waals surface area (Å²) < 4.78 is 5.93. The van der Waals surface area contributed by atoms with E-state index in [-0.39, 0.29) is 0 Å². The van der Waals surface area contributed by atoms with Crippen LogP contribution in [0.1, 0.15) is 64.2 Å². The van der Waals surface area contributed by atoms with Crippen LogP contribution in [-0.2, 0) is 9.53 Å². The predicted octanol–water partition coefficient (Wildman–Crippen LogP) is 2.81. The number of rotatable bonds is 3. The molecule has 2 aliphatic carbocycles. The molecule has 23 heavy (non-hydrogen) atoms. The minimum Gasteiger partial charge on any atom is -0.374 e. The molecule has 2 heterocycles. The molecule has 1 amide bonds. The lowest BCUT2D eigenvalue weighted by Gasteiger charge is -2.44. The van der Waals surface area contributed by atoms with Crippen molar-refractivity contribution in [2.75, 3.05) is 26.2 Å². The van der Waals surface area contributed by atoms with Gasteiger partial charge in [-0.2, -0.15) is 0 Å². The predicted molar refractivity (Wildman–Crippen MR) is 90.3 cm³/mol. The standard InChI is InChI=1S/C19H32N2O2/c22-19(21-12-13-23-18-10-4-3-8-17(18)21)14-20-11-5-9-16(20)15-6-1-2-7-15/h15-18H,1-14H2. The molecule has 0 aromatic rings. The van der Waals surface area contributed by atoms with Gasteiger partial charge in [-0.3, -0.25) is 9.69 Å². The zero-order valence-electron chi connectivity index (χ0n) is 14.4. The number of carbonyl (C=O) groups is 1. The fourth-order valence-corrected chi connectivity index (χ4v) is 5.59. The maximum Gasteiger partial charge on any atom is 0.237 e. The summed E-state index contributed by atoms with van der Waals surface area (Å²) >= 11 is 0. The van der Waals surface area contributed by atoms with E-state index in [1.165, 1.54) is 51.4 Å². The molecule has 3 unspecified atom stereocenters. The van der Waals surface area contributed by atoms with Crippen LogP contribution in [0.3, 0.4) is 0 Å². The molecule has 2 aliphatic heterocycles. The van der Waals surface area contributed by atoms with E-state index in [4.69, 9.17) is 4.74 Å². The monoisotopic (exact) mass is 320 g/mol. The molecular formula is C19H32N2O2. The third kappa shape index (κ3) is 3.30. The van der Waals surface area contributed by atoms with Crippen LogP contribution in [0.25, 0.3) is 0 Å². The second kappa shape index (κ2) is 7.10. The highest BCUT2D eigenvalue weighted by atomic mass is 16.5. The molecule has 0 N–H and O–H groups in total. The molecule has 2 saturated heterocycles. The van der Waals surface area contributed by atoms with Crippen molar-refractivity contribution in [3.8, 4) is 0 Å². The number of hydrogen-bond acceptors (Lipinski definition) is 3. The zero-order valence-corrected chi connectivity index (χ0v) is 14.4. The average molecular weight is 320 g/mol. The molecule has 2 saturated carbocycles. The number of carbonyl (C=O) groups excluding carboxylic acids is 1. The second-order valence-corrected chi connectivity index (χ2v) is 8.07. The Morgan fingerprint density at radius 3 is 2.48 bits per heavy atom. The fraction of sp³-hybridized carbons (Fsp3) is 0.947. The van der Waals surface area contributed by atoms with Gasteiger partial charge < -0.3 is 9.64 Å². The first kappa shape index (κ1) is 15.9. The highest BCUT2D eigenvalue weighted by molar-refractivity contribution is 5.79. The molecule has 0 aromatic heterocycles. The van der Waals surface area contributed by atoms with Crippen molar-refractivity contribution < 1.29 is 9.53 Å². The first-order valence-electron chi connectivity index (χ1n) is 9.98. The lowest BCUT2D eigenvalue weighted by atomic mass is 9.90.